The van der Waals surface area contributed by atoms with Crippen molar-refractivity contribution in [2.24, 2.45) is 0 Å². The van der Waals surface area contributed by atoms with Gasteiger partial charge < -0.3 is 10.1 Å². The fourth-order valence-electron chi connectivity index (χ4n) is 2.91. The molecule has 4 aromatic rings. The van der Waals surface area contributed by atoms with E-state index in [1.54, 1.807) is 18.4 Å². The SMILES string of the molecule is COc1ccc(CNc2ccc(-c3nc4ccc(C)cc4s3)cc2)cc1Br. The van der Waals surface area contributed by atoms with Gasteiger partial charge in [0, 0.05) is 17.8 Å². The number of nitrogens with one attached hydrogen (secondary N) is 1. The minimum atomic E-state index is 0.752. The van der Waals surface area contributed by atoms with Crippen molar-refractivity contribution in [2.75, 3.05) is 12.4 Å². The highest BCUT2D eigenvalue weighted by Crippen LogP contribution is 2.31. The van der Waals surface area contributed by atoms with Gasteiger partial charge in [-0.1, -0.05) is 12.1 Å². The van der Waals surface area contributed by atoms with Gasteiger partial charge in [0.1, 0.15) is 10.8 Å². The zero-order valence-electron chi connectivity index (χ0n) is 15.1. The van der Waals surface area contributed by atoms with Crippen LogP contribution in [-0.2, 0) is 6.54 Å². The van der Waals surface area contributed by atoms with Crippen molar-refractivity contribution >= 4 is 43.2 Å². The molecule has 0 atom stereocenters. The summed E-state index contributed by atoms with van der Waals surface area (Å²) in [6.45, 7) is 2.86. The van der Waals surface area contributed by atoms with E-state index >= 15 is 0 Å². The van der Waals surface area contributed by atoms with Gasteiger partial charge in [0.25, 0.3) is 0 Å². The van der Waals surface area contributed by atoms with Crippen molar-refractivity contribution < 1.29 is 4.74 Å². The first-order chi connectivity index (χ1) is 13.1. The first kappa shape index (κ1) is 18.0. The van der Waals surface area contributed by atoms with Crippen molar-refractivity contribution in [3.05, 3.63) is 76.3 Å². The van der Waals surface area contributed by atoms with Gasteiger partial charge in [-0.05, 0) is 82.5 Å². The molecule has 0 unspecified atom stereocenters. The van der Waals surface area contributed by atoms with Gasteiger partial charge in [-0.2, -0.15) is 0 Å². The average molecular weight is 439 g/mol. The molecule has 5 heteroatoms. The van der Waals surface area contributed by atoms with Crippen molar-refractivity contribution in [3.8, 4) is 16.3 Å². The summed E-state index contributed by atoms with van der Waals surface area (Å²) in [5.74, 6) is 0.842. The summed E-state index contributed by atoms with van der Waals surface area (Å²) in [6, 6.07) is 20.9. The van der Waals surface area contributed by atoms with E-state index in [0.29, 0.717) is 0 Å². The average Bonchev–Trinajstić information content (AvgIpc) is 3.10. The van der Waals surface area contributed by atoms with Crippen LogP contribution < -0.4 is 10.1 Å². The molecule has 0 aliphatic rings. The van der Waals surface area contributed by atoms with Crippen LogP contribution in [0.3, 0.4) is 0 Å². The molecule has 1 aromatic heterocycles. The zero-order valence-corrected chi connectivity index (χ0v) is 17.5. The van der Waals surface area contributed by atoms with Gasteiger partial charge in [-0.3, -0.25) is 0 Å². The van der Waals surface area contributed by atoms with Crippen LogP contribution in [0.4, 0.5) is 5.69 Å². The lowest BCUT2D eigenvalue weighted by atomic mass is 10.2. The fourth-order valence-corrected chi connectivity index (χ4v) is 4.57. The number of hydrogen-bond acceptors (Lipinski definition) is 4. The van der Waals surface area contributed by atoms with Gasteiger partial charge >= 0.3 is 0 Å². The second-order valence-corrected chi connectivity index (χ2v) is 8.27. The lowest BCUT2D eigenvalue weighted by molar-refractivity contribution is 0.412. The number of aromatic nitrogens is 1. The smallest absolute Gasteiger partial charge is 0.133 e. The van der Waals surface area contributed by atoms with Crippen LogP contribution in [0.1, 0.15) is 11.1 Å². The number of aryl methyl sites for hydroxylation is 1. The van der Waals surface area contributed by atoms with Crippen molar-refractivity contribution in [3.63, 3.8) is 0 Å². The van der Waals surface area contributed by atoms with Crippen LogP contribution in [0.5, 0.6) is 5.75 Å². The summed E-state index contributed by atoms with van der Waals surface area (Å²) in [5, 5.41) is 4.52. The van der Waals surface area contributed by atoms with Crippen molar-refractivity contribution in [1.82, 2.24) is 4.98 Å². The number of hydrogen-bond donors (Lipinski definition) is 1. The second-order valence-electron chi connectivity index (χ2n) is 6.39. The molecule has 3 aromatic carbocycles. The molecular formula is C22H19BrN2OS. The normalized spacial score (nSPS) is 10.9. The Bertz CT molecular complexity index is 1090. The lowest BCUT2D eigenvalue weighted by Gasteiger charge is -2.09. The third-order valence-electron chi connectivity index (χ3n) is 4.39. The third kappa shape index (κ3) is 3.99. The molecule has 0 saturated heterocycles. The number of fused-ring (bicyclic) bond motifs is 1. The van der Waals surface area contributed by atoms with Crippen LogP contribution in [0.15, 0.2) is 65.1 Å². The number of halogens is 1. The maximum Gasteiger partial charge on any atom is 0.133 e. The molecule has 0 spiro atoms. The summed E-state index contributed by atoms with van der Waals surface area (Å²) < 4.78 is 7.47. The summed E-state index contributed by atoms with van der Waals surface area (Å²) >= 11 is 5.27. The van der Waals surface area contributed by atoms with Gasteiger partial charge in [0.2, 0.25) is 0 Å². The van der Waals surface area contributed by atoms with E-state index in [0.717, 1.165) is 38.5 Å². The molecule has 27 heavy (non-hydrogen) atoms. The molecule has 0 amide bonds. The maximum atomic E-state index is 5.27. The molecule has 136 valence electrons. The monoisotopic (exact) mass is 438 g/mol. The van der Waals surface area contributed by atoms with E-state index in [1.165, 1.54) is 15.8 Å². The predicted molar refractivity (Wildman–Crippen MR) is 118 cm³/mol. The fraction of sp³-hybridized carbons (Fsp3) is 0.136. The highest BCUT2D eigenvalue weighted by atomic mass is 79.9. The van der Waals surface area contributed by atoms with Gasteiger partial charge in [-0.15, -0.1) is 11.3 Å². The Kier molecular flexibility index (Phi) is 5.14. The molecule has 1 N–H and O–H groups in total. The second kappa shape index (κ2) is 7.71. The molecular weight excluding hydrogens is 420 g/mol. The maximum absolute atomic E-state index is 5.27. The summed E-state index contributed by atoms with van der Waals surface area (Å²) in [6.07, 6.45) is 0. The number of ether oxygens (including phenoxy) is 1. The van der Waals surface area contributed by atoms with Crippen LogP contribution in [0.2, 0.25) is 0 Å². The van der Waals surface area contributed by atoms with E-state index in [1.807, 2.05) is 6.07 Å². The van der Waals surface area contributed by atoms with Crippen molar-refractivity contribution in [1.29, 1.82) is 0 Å². The zero-order chi connectivity index (χ0) is 18.8. The van der Waals surface area contributed by atoms with Crippen molar-refractivity contribution in [2.45, 2.75) is 13.5 Å². The Labute approximate surface area is 171 Å². The number of thiazole rings is 1. The van der Waals surface area contributed by atoms with Crippen LogP contribution in [0, 0.1) is 6.92 Å². The minimum absolute atomic E-state index is 0.752. The van der Waals surface area contributed by atoms with E-state index in [-0.39, 0.29) is 0 Å². The van der Waals surface area contributed by atoms with E-state index in [9.17, 15) is 0 Å². The molecule has 3 nitrogen and oxygen atoms in total. The summed E-state index contributed by atoms with van der Waals surface area (Å²) in [4.78, 5) is 4.75. The first-order valence-corrected chi connectivity index (χ1v) is 10.3. The molecule has 0 aliphatic carbocycles. The molecule has 4 rings (SSSR count). The van der Waals surface area contributed by atoms with Crippen LogP contribution in [-0.4, -0.2) is 12.1 Å². The molecule has 0 fully saturated rings. The van der Waals surface area contributed by atoms with Gasteiger partial charge in [0.15, 0.2) is 0 Å². The highest BCUT2D eigenvalue weighted by molar-refractivity contribution is 9.10. The van der Waals surface area contributed by atoms with E-state index in [2.05, 4.69) is 82.8 Å². The van der Waals surface area contributed by atoms with Gasteiger partial charge in [-0.25, -0.2) is 4.98 Å². The van der Waals surface area contributed by atoms with Gasteiger partial charge in [0.05, 0.1) is 21.8 Å². The number of benzene rings is 3. The Morgan fingerprint density at radius 2 is 1.85 bits per heavy atom. The quantitative estimate of drug-likeness (QED) is 0.378. The Morgan fingerprint density at radius 1 is 1.04 bits per heavy atom. The first-order valence-electron chi connectivity index (χ1n) is 8.66. The number of methoxy groups -OCH3 is 1. The van der Waals surface area contributed by atoms with Crippen LogP contribution in [0.25, 0.3) is 20.8 Å². The molecule has 0 bridgehead atoms. The number of anilines is 1. The standard InChI is InChI=1S/C22H19BrN2OS/c1-14-3-9-19-21(11-14)27-22(25-19)16-5-7-17(8-6-16)24-13-15-4-10-20(26-2)18(23)12-15/h3-12,24H,13H2,1-2H3. The predicted octanol–water partition coefficient (Wildman–Crippen LogP) is 6.65. The molecule has 0 radical (unpaired) electrons. The van der Waals surface area contributed by atoms with Crippen LogP contribution >= 0.6 is 27.3 Å². The Hall–Kier alpha value is -2.37. The van der Waals surface area contributed by atoms with E-state index in [4.69, 9.17) is 9.72 Å². The van der Waals surface area contributed by atoms with E-state index < -0.39 is 0 Å². The Balaban J connectivity index is 1.47. The summed E-state index contributed by atoms with van der Waals surface area (Å²) in [5.41, 5.74) is 5.75. The number of nitrogens with zero attached hydrogens (tertiary/aromatic N) is 1. The third-order valence-corrected chi connectivity index (χ3v) is 6.08. The lowest BCUT2D eigenvalue weighted by Crippen LogP contribution is -1.99. The summed E-state index contributed by atoms with van der Waals surface area (Å²) in [7, 11) is 1.67. The number of rotatable bonds is 5. The molecule has 0 saturated carbocycles. The molecule has 1 heterocycles. The molecule has 0 aliphatic heterocycles. The highest BCUT2D eigenvalue weighted by Gasteiger charge is 2.07. The largest absolute Gasteiger partial charge is 0.496 e. The topological polar surface area (TPSA) is 34.1 Å². The Morgan fingerprint density at radius 3 is 2.59 bits per heavy atom. The minimum Gasteiger partial charge on any atom is -0.496 e.